The van der Waals surface area contributed by atoms with E-state index in [1.807, 2.05) is 29.2 Å². The first kappa shape index (κ1) is 23.5. The van der Waals surface area contributed by atoms with E-state index in [0.717, 1.165) is 29.0 Å². The third kappa shape index (κ3) is 4.92. The van der Waals surface area contributed by atoms with Crippen LogP contribution in [0.3, 0.4) is 0 Å². The molecule has 0 aromatic heterocycles. The molecule has 184 valence electrons. The Balaban J connectivity index is 1.30. The van der Waals surface area contributed by atoms with Gasteiger partial charge >= 0.3 is 0 Å². The summed E-state index contributed by atoms with van der Waals surface area (Å²) in [6.45, 7) is 3.81. The van der Waals surface area contributed by atoms with Crippen molar-refractivity contribution in [1.82, 2.24) is 4.90 Å². The van der Waals surface area contributed by atoms with E-state index < -0.39 is 5.60 Å². The number of methoxy groups -OCH3 is 1. The lowest BCUT2D eigenvalue weighted by molar-refractivity contribution is 0.0115. The fourth-order valence-corrected chi connectivity index (χ4v) is 5.08. The number of nitrogens with zero attached hydrogens (tertiary/aromatic N) is 2. The number of halogens is 1. The number of fused-ring (bicyclic) bond motifs is 1. The molecule has 5 rings (SSSR count). The van der Waals surface area contributed by atoms with Gasteiger partial charge in [0.15, 0.2) is 11.5 Å². The number of benzene rings is 3. The maximum atomic E-state index is 14.2. The Morgan fingerprint density at radius 1 is 1.03 bits per heavy atom. The van der Waals surface area contributed by atoms with Crippen LogP contribution in [0.5, 0.6) is 17.2 Å². The minimum Gasteiger partial charge on any atom is -0.504 e. The molecule has 0 spiro atoms. The second kappa shape index (κ2) is 9.76. The van der Waals surface area contributed by atoms with Crippen LogP contribution in [0.4, 0.5) is 10.1 Å². The molecule has 35 heavy (non-hydrogen) atoms. The van der Waals surface area contributed by atoms with Gasteiger partial charge in [0.05, 0.1) is 18.4 Å². The molecule has 1 saturated heterocycles. The summed E-state index contributed by atoms with van der Waals surface area (Å²) in [6, 6.07) is 18.2. The highest BCUT2D eigenvalue weighted by atomic mass is 19.1. The van der Waals surface area contributed by atoms with E-state index in [9.17, 15) is 14.6 Å². The highest BCUT2D eigenvalue weighted by Gasteiger charge is 2.35. The van der Waals surface area contributed by atoms with E-state index in [-0.39, 0.29) is 11.6 Å². The van der Waals surface area contributed by atoms with E-state index in [4.69, 9.17) is 9.47 Å². The zero-order valence-corrected chi connectivity index (χ0v) is 19.9. The van der Waals surface area contributed by atoms with E-state index in [1.54, 1.807) is 24.3 Å². The Labute approximate surface area is 205 Å². The van der Waals surface area contributed by atoms with E-state index >= 15 is 0 Å². The zero-order chi connectivity index (χ0) is 24.4. The predicted molar refractivity (Wildman–Crippen MR) is 132 cm³/mol. The average molecular weight is 479 g/mol. The van der Waals surface area contributed by atoms with Gasteiger partial charge in [-0.3, -0.25) is 4.90 Å². The highest BCUT2D eigenvalue weighted by Crippen LogP contribution is 2.38. The first-order valence-electron chi connectivity index (χ1n) is 12.0. The van der Waals surface area contributed by atoms with Crippen molar-refractivity contribution in [2.45, 2.75) is 31.5 Å². The number of phenolic OH excluding ortho intramolecular Hbond substituents is 1. The molecule has 3 aromatic carbocycles. The molecule has 2 aliphatic heterocycles. The van der Waals surface area contributed by atoms with Crippen molar-refractivity contribution in [3.63, 3.8) is 0 Å². The van der Waals surface area contributed by atoms with Crippen LogP contribution in [-0.4, -0.2) is 48.5 Å². The van der Waals surface area contributed by atoms with Crippen molar-refractivity contribution in [3.05, 3.63) is 83.2 Å². The van der Waals surface area contributed by atoms with Crippen LogP contribution in [0.1, 0.15) is 29.5 Å². The van der Waals surface area contributed by atoms with Gasteiger partial charge in [-0.15, -0.1) is 0 Å². The molecule has 0 saturated carbocycles. The summed E-state index contributed by atoms with van der Waals surface area (Å²) >= 11 is 0. The van der Waals surface area contributed by atoms with Gasteiger partial charge in [-0.05, 0) is 60.4 Å². The van der Waals surface area contributed by atoms with Gasteiger partial charge in [0.2, 0.25) is 0 Å². The number of piperidine rings is 1. The number of phenols is 1. The number of anilines is 1. The fourth-order valence-electron chi connectivity index (χ4n) is 5.08. The molecule has 1 fully saturated rings. The number of hydrogen-bond donors (Lipinski definition) is 2. The summed E-state index contributed by atoms with van der Waals surface area (Å²) in [5, 5.41) is 21.6. The maximum Gasteiger partial charge on any atom is 0.160 e. The maximum absolute atomic E-state index is 14.2. The van der Waals surface area contributed by atoms with Gasteiger partial charge in [0.1, 0.15) is 18.2 Å². The molecular formula is C28H31FN2O4. The highest BCUT2D eigenvalue weighted by molar-refractivity contribution is 5.49. The van der Waals surface area contributed by atoms with E-state index in [1.165, 1.54) is 13.2 Å². The second-order valence-corrected chi connectivity index (χ2v) is 9.36. The summed E-state index contributed by atoms with van der Waals surface area (Å²) in [7, 11) is 1.53. The SMILES string of the molecule is COc1ccc(CN2CCOc3ccc(C4(O)CCN(c5ccccc5F)CC4)cc3C2)cc1O. The van der Waals surface area contributed by atoms with Crippen molar-refractivity contribution >= 4 is 5.69 Å². The lowest BCUT2D eigenvalue weighted by atomic mass is 9.83. The molecule has 0 amide bonds. The normalized spacial score (nSPS) is 17.9. The van der Waals surface area contributed by atoms with Crippen molar-refractivity contribution in [2.24, 2.45) is 0 Å². The van der Waals surface area contributed by atoms with Crippen LogP contribution in [0, 0.1) is 5.82 Å². The minimum atomic E-state index is -0.963. The third-order valence-electron chi connectivity index (χ3n) is 7.09. The number of aromatic hydroxyl groups is 1. The number of hydrogen-bond acceptors (Lipinski definition) is 6. The van der Waals surface area contributed by atoms with Crippen LogP contribution in [0.2, 0.25) is 0 Å². The minimum absolute atomic E-state index is 0.128. The molecule has 2 heterocycles. The van der Waals surface area contributed by atoms with Crippen LogP contribution in [0.15, 0.2) is 60.7 Å². The van der Waals surface area contributed by atoms with Crippen LogP contribution in [-0.2, 0) is 18.7 Å². The molecule has 0 aliphatic carbocycles. The summed E-state index contributed by atoms with van der Waals surface area (Å²) in [5.74, 6) is 1.19. The van der Waals surface area contributed by atoms with Gasteiger partial charge in [0, 0.05) is 38.3 Å². The van der Waals surface area contributed by atoms with Gasteiger partial charge < -0.3 is 24.6 Å². The number of aliphatic hydroxyl groups is 1. The molecule has 0 unspecified atom stereocenters. The fraction of sp³-hybridized carbons (Fsp3) is 0.357. The smallest absolute Gasteiger partial charge is 0.160 e. The summed E-state index contributed by atoms with van der Waals surface area (Å²) in [6.07, 6.45) is 1.05. The monoisotopic (exact) mass is 478 g/mol. The number of para-hydroxylation sites is 1. The average Bonchev–Trinajstić information content (AvgIpc) is 3.06. The lowest BCUT2D eigenvalue weighted by Crippen LogP contribution is -2.43. The van der Waals surface area contributed by atoms with Gasteiger partial charge in [-0.1, -0.05) is 24.3 Å². The standard InChI is InChI=1S/C28H31FN2O4/c1-34-27-8-6-20(16-25(27)32)18-30-14-15-35-26-9-7-22(17-21(26)19-30)28(33)10-12-31(13-11-28)24-5-3-2-4-23(24)29/h2-9,16-17,32-33H,10-15,18-19H2,1H3. The Bertz CT molecular complexity index is 1190. The van der Waals surface area contributed by atoms with Crippen molar-refractivity contribution < 1.29 is 24.1 Å². The molecule has 0 bridgehead atoms. The largest absolute Gasteiger partial charge is 0.504 e. The lowest BCUT2D eigenvalue weighted by Gasteiger charge is -2.40. The Morgan fingerprint density at radius 2 is 1.83 bits per heavy atom. The van der Waals surface area contributed by atoms with Crippen molar-refractivity contribution in [3.8, 4) is 17.2 Å². The molecule has 6 nitrogen and oxygen atoms in total. The van der Waals surface area contributed by atoms with Gasteiger partial charge in [-0.2, -0.15) is 0 Å². The van der Waals surface area contributed by atoms with Gasteiger partial charge in [-0.25, -0.2) is 4.39 Å². The summed E-state index contributed by atoms with van der Waals surface area (Å²) < 4.78 is 25.4. The second-order valence-electron chi connectivity index (χ2n) is 9.36. The molecule has 0 radical (unpaired) electrons. The Kier molecular flexibility index (Phi) is 6.54. The van der Waals surface area contributed by atoms with Crippen LogP contribution in [0.25, 0.3) is 0 Å². The van der Waals surface area contributed by atoms with Crippen LogP contribution >= 0.6 is 0 Å². The molecular weight excluding hydrogens is 447 g/mol. The first-order valence-corrected chi connectivity index (χ1v) is 12.0. The van der Waals surface area contributed by atoms with Crippen molar-refractivity contribution in [2.75, 3.05) is 38.3 Å². The topological polar surface area (TPSA) is 65.4 Å². The zero-order valence-electron chi connectivity index (χ0n) is 19.9. The van der Waals surface area contributed by atoms with Crippen LogP contribution < -0.4 is 14.4 Å². The predicted octanol–water partition coefficient (Wildman–Crippen LogP) is 4.42. The quantitative estimate of drug-likeness (QED) is 0.566. The number of rotatable bonds is 5. The molecule has 3 aromatic rings. The summed E-state index contributed by atoms with van der Waals surface area (Å²) in [5.41, 5.74) is 2.52. The molecule has 0 atom stereocenters. The van der Waals surface area contributed by atoms with E-state index in [2.05, 4.69) is 11.0 Å². The Morgan fingerprint density at radius 3 is 2.57 bits per heavy atom. The molecule has 2 aliphatic rings. The number of ether oxygens (including phenoxy) is 2. The molecule has 2 N–H and O–H groups in total. The Hall–Kier alpha value is -3.29. The summed E-state index contributed by atoms with van der Waals surface area (Å²) in [4.78, 5) is 4.27. The third-order valence-corrected chi connectivity index (χ3v) is 7.09. The van der Waals surface area contributed by atoms with Gasteiger partial charge in [0.25, 0.3) is 0 Å². The van der Waals surface area contributed by atoms with Crippen molar-refractivity contribution in [1.29, 1.82) is 0 Å². The van der Waals surface area contributed by atoms with E-state index in [0.29, 0.717) is 57.1 Å². The molecule has 7 heteroatoms. The first-order chi connectivity index (χ1) is 16.9.